The molecule has 1 atom stereocenters. The zero-order valence-corrected chi connectivity index (χ0v) is 13.6. The summed E-state index contributed by atoms with van der Waals surface area (Å²) in [5.41, 5.74) is 0. The Balaban J connectivity index is 1.58. The van der Waals surface area contributed by atoms with Gasteiger partial charge in [0.15, 0.2) is 5.82 Å². The normalized spacial score (nSPS) is 19.7. The molecule has 3 heterocycles. The van der Waals surface area contributed by atoms with Crippen LogP contribution in [0.4, 0.5) is 0 Å². The Hall–Kier alpha value is -1.76. The topological polar surface area (TPSA) is 72.9 Å². The molecule has 0 radical (unpaired) electrons. The van der Waals surface area contributed by atoms with Crippen LogP contribution in [0.1, 0.15) is 43.1 Å². The molecule has 0 aromatic carbocycles. The molecular weight excluding hydrogens is 280 g/mol. The first-order chi connectivity index (χ1) is 10.6. The molecule has 7 heteroatoms. The van der Waals surface area contributed by atoms with Crippen molar-refractivity contribution in [1.82, 2.24) is 29.8 Å². The lowest BCUT2D eigenvalue weighted by Gasteiger charge is -2.31. The van der Waals surface area contributed by atoms with Gasteiger partial charge in [0, 0.05) is 19.5 Å². The van der Waals surface area contributed by atoms with E-state index in [1.807, 2.05) is 25.5 Å². The summed E-state index contributed by atoms with van der Waals surface area (Å²) in [4.78, 5) is 11.2. The van der Waals surface area contributed by atoms with Crippen molar-refractivity contribution >= 4 is 0 Å². The second kappa shape index (κ2) is 6.56. The van der Waals surface area contributed by atoms with Crippen LogP contribution in [-0.4, -0.2) is 42.9 Å². The minimum Gasteiger partial charge on any atom is -0.339 e. The van der Waals surface area contributed by atoms with E-state index in [1.165, 1.54) is 12.8 Å². The van der Waals surface area contributed by atoms with Gasteiger partial charge in [-0.2, -0.15) is 10.1 Å². The molecule has 0 saturated carbocycles. The van der Waals surface area contributed by atoms with Crippen molar-refractivity contribution in [1.29, 1.82) is 0 Å². The van der Waals surface area contributed by atoms with Gasteiger partial charge in [-0.05, 0) is 39.2 Å². The van der Waals surface area contributed by atoms with E-state index in [0.717, 1.165) is 56.0 Å². The lowest BCUT2D eigenvalue weighted by atomic mass is 9.98. The summed E-state index contributed by atoms with van der Waals surface area (Å²) in [6.07, 6.45) is 3.23. The molecule has 0 unspecified atom stereocenters. The van der Waals surface area contributed by atoms with E-state index in [0.29, 0.717) is 5.92 Å². The van der Waals surface area contributed by atoms with Crippen LogP contribution in [0.5, 0.6) is 0 Å². The number of likely N-dealkylation sites (tertiary alicyclic amines) is 1. The molecule has 3 rings (SSSR count). The molecule has 0 amide bonds. The molecule has 7 nitrogen and oxygen atoms in total. The SMILES string of the molecule is CCc1nc(CN2CCC[C@@H](Cn3nc(C)nc3C)C2)no1. The largest absolute Gasteiger partial charge is 0.339 e. The highest BCUT2D eigenvalue weighted by atomic mass is 16.5. The monoisotopic (exact) mass is 304 g/mol. The smallest absolute Gasteiger partial charge is 0.226 e. The Kier molecular flexibility index (Phi) is 4.52. The van der Waals surface area contributed by atoms with Crippen LogP contribution in [-0.2, 0) is 19.5 Å². The average Bonchev–Trinajstić information content (AvgIpc) is 3.06. The molecule has 120 valence electrons. The lowest BCUT2D eigenvalue weighted by molar-refractivity contribution is 0.148. The maximum atomic E-state index is 5.19. The van der Waals surface area contributed by atoms with E-state index in [1.54, 1.807) is 0 Å². The van der Waals surface area contributed by atoms with Gasteiger partial charge in [0.1, 0.15) is 11.6 Å². The van der Waals surface area contributed by atoms with E-state index >= 15 is 0 Å². The first kappa shape index (κ1) is 15.1. The van der Waals surface area contributed by atoms with Crippen LogP contribution in [0.2, 0.25) is 0 Å². The third-order valence-corrected chi connectivity index (χ3v) is 4.17. The van der Waals surface area contributed by atoms with Crippen molar-refractivity contribution in [2.75, 3.05) is 13.1 Å². The summed E-state index contributed by atoms with van der Waals surface area (Å²) in [5, 5.41) is 8.53. The Morgan fingerprint density at radius 3 is 2.82 bits per heavy atom. The fourth-order valence-corrected chi connectivity index (χ4v) is 3.12. The lowest BCUT2D eigenvalue weighted by Crippen LogP contribution is -2.37. The van der Waals surface area contributed by atoms with Gasteiger partial charge >= 0.3 is 0 Å². The van der Waals surface area contributed by atoms with Gasteiger partial charge in [0.05, 0.1) is 6.54 Å². The summed E-state index contributed by atoms with van der Waals surface area (Å²) in [6.45, 7) is 9.85. The minimum atomic E-state index is 0.603. The first-order valence-electron chi connectivity index (χ1n) is 8.06. The highest BCUT2D eigenvalue weighted by Gasteiger charge is 2.22. The average molecular weight is 304 g/mol. The molecule has 2 aromatic rings. The van der Waals surface area contributed by atoms with Gasteiger partial charge < -0.3 is 4.52 Å². The fraction of sp³-hybridized carbons (Fsp3) is 0.733. The molecule has 0 spiro atoms. The molecule has 0 aliphatic carbocycles. The summed E-state index contributed by atoms with van der Waals surface area (Å²) >= 11 is 0. The Morgan fingerprint density at radius 1 is 1.27 bits per heavy atom. The molecular formula is C15H24N6O. The van der Waals surface area contributed by atoms with Crippen molar-refractivity contribution in [2.45, 2.75) is 53.1 Å². The zero-order valence-electron chi connectivity index (χ0n) is 13.6. The van der Waals surface area contributed by atoms with E-state index < -0.39 is 0 Å². The predicted octanol–water partition coefficient (Wildman–Crippen LogP) is 1.75. The van der Waals surface area contributed by atoms with Crippen LogP contribution in [0, 0.1) is 19.8 Å². The zero-order chi connectivity index (χ0) is 15.5. The predicted molar refractivity (Wildman–Crippen MR) is 81.2 cm³/mol. The van der Waals surface area contributed by atoms with E-state index in [-0.39, 0.29) is 0 Å². The number of piperidine rings is 1. The number of rotatable bonds is 5. The van der Waals surface area contributed by atoms with E-state index in [4.69, 9.17) is 4.52 Å². The molecule has 1 fully saturated rings. The minimum absolute atomic E-state index is 0.603. The molecule has 1 saturated heterocycles. The third kappa shape index (κ3) is 3.52. The van der Waals surface area contributed by atoms with Gasteiger partial charge in [-0.15, -0.1) is 0 Å². The van der Waals surface area contributed by atoms with Crippen molar-refractivity contribution in [2.24, 2.45) is 5.92 Å². The first-order valence-corrected chi connectivity index (χ1v) is 8.06. The van der Waals surface area contributed by atoms with Crippen molar-refractivity contribution in [3.8, 4) is 0 Å². The highest BCUT2D eigenvalue weighted by Crippen LogP contribution is 2.20. The number of nitrogens with zero attached hydrogens (tertiary/aromatic N) is 6. The molecule has 1 aliphatic heterocycles. The second-order valence-electron chi connectivity index (χ2n) is 6.09. The van der Waals surface area contributed by atoms with Crippen LogP contribution in [0.25, 0.3) is 0 Å². The highest BCUT2D eigenvalue weighted by molar-refractivity contribution is 4.90. The van der Waals surface area contributed by atoms with E-state index in [9.17, 15) is 0 Å². The standard InChI is InChI=1S/C15H24N6O/c1-4-15-17-14(19-22-15)10-20-7-5-6-13(8-20)9-21-12(3)16-11(2)18-21/h13H,4-10H2,1-3H3/t13-/m1/s1. The van der Waals surface area contributed by atoms with Gasteiger partial charge in [-0.25, -0.2) is 9.67 Å². The summed E-state index contributed by atoms with van der Waals surface area (Å²) in [5.74, 6) is 3.97. The van der Waals surface area contributed by atoms with Gasteiger partial charge in [0.2, 0.25) is 5.89 Å². The molecule has 0 bridgehead atoms. The molecule has 22 heavy (non-hydrogen) atoms. The van der Waals surface area contributed by atoms with Crippen LogP contribution in [0.15, 0.2) is 4.52 Å². The molecule has 2 aromatic heterocycles. The van der Waals surface area contributed by atoms with E-state index in [2.05, 4.69) is 25.1 Å². The third-order valence-electron chi connectivity index (χ3n) is 4.17. The Morgan fingerprint density at radius 2 is 2.14 bits per heavy atom. The van der Waals surface area contributed by atoms with Gasteiger partial charge in [0.25, 0.3) is 0 Å². The number of hydrogen-bond acceptors (Lipinski definition) is 6. The maximum absolute atomic E-state index is 5.19. The van der Waals surface area contributed by atoms with Gasteiger partial charge in [-0.1, -0.05) is 12.1 Å². The Labute approximate surface area is 130 Å². The van der Waals surface area contributed by atoms with Crippen LogP contribution >= 0.6 is 0 Å². The summed E-state index contributed by atoms with van der Waals surface area (Å²) in [7, 11) is 0. The second-order valence-corrected chi connectivity index (χ2v) is 6.09. The molecule has 1 aliphatic rings. The summed E-state index contributed by atoms with van der Waals surface area (Å²) < 4.78 is 7.22. The van der Waals surface area contributed by atoms with Crippen molar-refractivity contribution in [3.63, 3.8) is 0 Å². The Bertz CT molecular complexity index is 619. The fourth-order valence-electron chi connectivity index (χ4n) is 3.12. The van der Waals surface area contributed by atoms with Crippen LogP contribution < -0.4 is 0 Å². The maximum Gasteiger partial charge on any atom is 0.226 e. The molecule has 0 N–H and O–H groups in total. The number of aromatic nitrogens is 5. The van der Waals surface area contributed by atoms with Gasteiger partial charge in [-0.3, -0.25) is 4.90 Å². The van der Waals surface area contributed by atoms with Crippen LogP contribution in [0.3, 0.4) is 0 Å². The van der Waals surface area contributed by atoms with Crippen molar-refractivity contribution < 1.29 is 4.52 Å². The number of hydrogen-bond donors (Lipinski definition) is 0. The summed E-state index contributed by atoms with van der Waals surface area (Å²) in [6, 6.07) is 0. The quantitative estimate of drug-likeness (QED) is 0.838. The number of aryl methyl sites for hydroxylation is 3. The van der Waals surface area contributed by atoms with Crippen molar-refractivity contribution in [3.05, 3.63) is 23.4 Å².